The number of sulfonamides is 1. The lowest BCUT2D eigenvalue weighted by molar-refractivity contribution is -0.161. The first-order valence-electron chi connectivity index (χ1n) is 12.8. The Morgan fingerprint density at radius 2 is 1.63 bits per heavy atom. The third kappa shape index (κ3) is 3.71. The van der Waals surface area contributed by atoms with Crippen LogP contribution in [0.3, 0.4) is 0 Å². The molecular formula is C27H35N3O4S. The number of carbonyl (C=O) groups is 1. The average Bonchev–Trinajstić information content (AvgIpc) is 3.30. The van der Waals surface area contributed by atoms with Gasteiger partial charge in [-0.1, -0.05) is 12.1 Å². The monoisotopic (exact) mass is 497 g/mol. The molecule has 8 heteroatoms. The predicted molar refractivity (Wildman–Crippen MR) is 133 cm³/mol. The van der Waals surface area contributed by atoms with Gasteiger partial charge in [0, 0.05) is 45.6 Å². The molecule has 35 heavy (non-hydrogen) atoms. The fourth-order valence-electron chi connectivity index (χ4n) is 8.04. The van der Waals surface area contributed by atoms with Crippen molar-refractivity contribution in [2.24, 2.45) is 24.3 Å². The summed E-state index contributed by atoms with van der Waals surface area (Å²) in [6.07, 6.45) is 9.88. The summed E-state index contributed by atoms with van der Waals surface area (Å²) in [6, 6.07) is 10.2. The summed E-state index contributed by atoms with van der Waals surface area (Å²) in [5.41, 5.74) is 1.12. The van der Waals surface area contributed by atoms with E-state index in [-0.39, 0.29) is 16.7 Å². The van der Waals surface area contributed by atoms with E-state index in [0.29, 0.717) is 42.9 Å². The van der Waals surface area contributed by atoms with Crippen molar-refractivity contribution in [3.05, 3.63) is 48.3 Å². The molecule has 4 aliphatic carbocycles. The Morgan fingerprint density at radius 1 is 0.971 bits per heavy atom. The molecule has 1 aliphatic heterocycles. The number of ether oxygens (including phenoxy) is 1. The molecule has 7 rings (SSSR count). The van der Waals surface area contributed by atoms with Gasteiger partial charge in [-0.15, -0.1) is 0 Å². The van der Waals surface area contributed by atoms with Crippen LogP contribution in [0.4, 0.5) is 0 Å². The Bertz CT molecular complexity index is 1210. The first-order valence-corrected chi connectivity index (χ1v) is 14.2. The summed E-state index contributed by atoms with van der Waals surface area (Å²) in [7, 11) is -0.0107. The highest BCUT2D eigenvalue weighted by Gasteiger charge is 2.61. The van der Waals surface area contributed by atoms with Crippen molar-refractivity contribution in [2.75, 3.05) is 33.3 Å². The Labute approximate surface area is 208 Å². The van der Waals surface area contributed by atoms with Crippen LogP contribution in [0.15, 0.2) is 47.6 Å². The number of aryl methyl sites for hydroxylation is 1. The molecule has 5 fully saturated rings. The van der Waals surface area contributed by atoms with Gasteiger partial charge in [0.2, 0.25) is 15.9 Å². The van der Waals surface area contributed by atoms with Crippen molar-refractivity contribution >= 4 is 15.9 Å². The number of rotatable bonds is 5. The van der Waals surface area contributed by atoms with Crippen molar-refractivity contribution in [1.82, 2.24) is 13.8 Å². The second kappa shape index (κ2) is 8.10. The number of hydrogen-bond acceptors (Lipinski definition) is 4. The number of benzene rings is 1. The van der Waals surface area contributed by atoms with E-state index < -0.39 is 10.0 Å². The SMILES string of the molecule is COc1ccc(C23C[C@H]4C[C@@H](CC(C(=O)N5CCN(S(=O)(=O)c6ccn(C)c6)CC5)(C4)C2)C3)cc1. The summed E-state index contributed by atoms with van der Waals surface area (Å²) in [5.74, 6) is 2.33. The van der Waals surface area contributed by atoms with Crippen LogP contribution >= 0.6 is 0 Å². The molecule has 1 aromatic carbocycles. The maximum Gasteiger partial charge on any atom is 0.244 e. The average molecular weight is 498 g/mol. The zero-order chi connectivity index (χ0) is 24.4. The molecule has 1 amide bonds. The lowest BCUT2D eigenvalue weighted by Crippen LogP contribution is -2.61. The van der Waals surface area contributed by atoms with Crippen LogP contribution in [0, 0.1) is 17.3 Å². The molecule has 4 bridgehead atoms. The highest BCUT2D eigenvalue weighted by atomic mass is 32.2. The quantitative estimate of drug-likeness (QED) is 0.635. The molecule has 188 valence electrons. The van der Waals surface area contributed by atoms with E-state index in [1.54, 1.807) is 30.1 Å². The van der Waals surface area contributed by atoms with Crippen molar-refractivity contribution < 1.29 is 17.9 Å². The van der Waals surface area contributed by atoms with Gasteiger partial charge >= 0.3 is 0 Å². The zero-order valence-corrected chi connectivity index (χ0v) is 21.5. The number of amides is 1. The molecule has 0 spiro atoms. The highest BCUT2D eigenvalue weighted by molar-refractivity contribution is 7.89. The zero-order valence-electron chi connectivity index (χ0n) is 20.7. The van der Waals surface area contributed by atoms with Crippen molar-refractivity contribution in [2.45, 2.75) is 48.8 Å². The molecule has 2 heterocycles. The fourth-order valence-corrected chi connectivity index (χ4v) is 9.52. The second-order valence-electron chi connectivity index (χ2n) is 11.5. The molecule has 2 atom stereocenters. The molecule has 4 saturated carbocycles. The topological polar surface area (TPSA) is 71.8 Å². The van der Waals surface area contributed by atoms with Crippen molar-refractivity contribution in [3.8, 4) is 5.75 Å². The van der Waals surface area contributed by atoms with Gasteiger partial charge in [-0.3, -0.25) is 4.79 Å². The van der Waals surface area contributed by atoms with E-state index in [0.717, 1.165) is 25.0 Å². The van der Waals surface area contributed by atoms with E-state index in [4.69, 9.17) is 4.74 Å². The first kappa shape index (κ1) is 23.1. The highest BCUT2D eigenvalue weighted by Crippen LogP contribution is 2.66. The molecule has 0 N–H and O–H groups in total. The maximum absolute atomic E-state index is 14.1. The van der Waals surface area contributed by atoms with Crippen LogP contribution in [0.25, 0.3) is 0 Å². The second-order valence-corrected chi connectivity index (χ2v) is 13.4. The number of nitrogens with zero attached hydrogens (tertiary/aromatic N) is 3. The molecule has 5 aliphatic rings. The van der Waals surface area contributed by atoms with E-state index in [9.17, 15) is 13.2 Å². The Kier molecular flexibility index (Phi) is 5.35. The maximum atomic E-state index is 14.1. The summed E-state index contributed by atoms with van der Waals surface area (Å²) in [5, 5.41) is 0. The van der Waals surface area contributed by atoms with E-state index in [1.165, 1.54) is 29.1 Å². The number of methoxy groups -OCH3 is 1. The van der Waals surface area contributed by atoms with Crippen LogP contribution in [0.2, 0.25) is 0 Å². The van der Waals surface area contributed by atoms with Crippen molar-refractivity contribution in [1.29, 1.82) is 0 Å². The fraction of sp³-hybridized carbons (Fsp3) is 0.593. The van der Waals surface area contributed by atoms with E-state index >= 15 is 0 Å². The third-order valence-corrected chi connectivity index (χ3v) is 11.1. The van der Waals surface area contributed by atoms with Gasteiger partial charge in [0.1, 0.15) is 5.75 Å². The third-order valence-electron chi connectivity index (χ3n) is 9.19. The van der Waals surface area contributed by atoms with Crippen LogP contribution in [0.1, 0.15) is 44.1 Å². The van der Waals surface area contributed by atoms with Gasteiger partial charge in [0.25, 0.3) is 0 Å². The van der Waals surface area contributed by atoms with Crippen LogP contribution < -0.4 is 4.74 Å². The number of hydrogen-bond donors (Lipinski definition) is 0. The number of aromatic nitrogens is 1. The Hall–Kier alpha value is -2.32. The Morgan fingerprint density at radius 3 is 2.20 bits per heavy atom. The van der Waals surface area contributed by atoms with Gasteiger partial charge in [-0.25, -0.2) is 8.42 Å². The number of carbonyl (C=O) groups excluding carboxylic acids is 1. The lowest BCUT2D eigenvalue weighted by atomic mass is 9.42. The molecular weight excluding hydrogens is 462 g/mol. The van der Waals surface area contributed by atoms with Gasteiger partial charge in [-0.2, -0.15) is 4.31 Å². The van der Waals surface area contributed by atoms with E-state index in [2.05, 4.69) is 24.3 Å². The minimum absolute atomic E-state index is 0.0739. The normalized spacial score (nSPS) is 32.7. The van der Waals surface area contributed by atoms with Gasteiger partial charge < -0.3 is 14.2 Å². The molecule has 7 nitrogen and oxygen atoms in total. The Balaban J connectivity index is 1.20. The van der Waals surface area contributed by atoms with Gasteiger partial charge in [0.15, 0.2) is 0 Å². The van der Waals surface area contributed by atoms with Gasteiger partial charge in [0.05, 0.1) is 17.4 Å². The molecule has 1 saturated heterocycles. The predicted octanol–water partition coefficient (Wildman–Crippen LogP) is 3.40. The van der Waals surface area contributed by atoms with Crippen LogP contribution in [-0.4, -0.2) is 61.4 Å². The molecule has 0 unspecified atom stereocenters. The standard InChI is InChI=1S/C27H35N3O4S/c1-28-8-7-24(18-28)35(32,33)30-11-9-29(10-12-30)25(31)27-16-20-13-21(17-27)15-26(14-20,19-27)22-3-5-23(34-2)6-4-22/h3-8,18,20-21H,9-17,19H2,1-2H3/t20-,21-,26?,27?/m1/s1. The summed E-state index contributed by atoms with van der Waals surface area (Å²) in [6.45, 7) is 1.65. The molecule has 2 aromatic rings. The summed E-state index contributed by atoms with van der Waals surface area (Å²) < 4.78 is 34.7. The first-order chi connectivity index (χ1) is 16.7. The largest absolute Gasteiger partial charge is 0.497 e. The van der Waals surface area contributed by atoms with E-state index in [1.807, 2.05) is 11.9 Å². The number of piperazine rings is 1. The smallest absolute Gasteiger partial charge is 0.244 e. The minimum atomic E-state index is -3.52. The van der Waals surface area contributed by atoms with Gasteiger partial charge in [-0.05, 0) is 79.5 Å². The summed E-state index contributed by atoms with van der Waals surface area (Å²) >= 11 is 0. The van der Waals surface area contributed by atoms with Crippen molar-refractivity contribution in [3.63, 3.8) is 0 Å². The molecule has 0 radical (unpaired) electrons. The van der Waals surface area contributed by atoms with Crippen LogP contribution in [0.5, 0.6) is 5.75 Å². The minimum Gasteiger partial charge on any atom is -0.497 e. The lowest BCUT2D eigenvalue weighted by Gasteiger charge is -2.62. The van der Waals surface area contributed by atoms with Crippen LogP contribution in [-0.2, 0) is 27.3 Å². The molecule has 1 aromatic heterocycles. The summed E-state index contributed by atoms with van der Waals surface area (Å²) in [4.78, 5) is 16.4.